The van der Waals surface area contributed by atoms with E-state index in [0.29, 0.717) is 0 Å². The second-order valence-corrected chi connectivity index (χ2v) is 6.46. The van der Waals surface area contributed by atoms with E-state index in [1.54, 1.807) is 12.1 Å². The molecule has 0 amide bonds. The van der Waals surface area contributed by atoms with Crippen LogP contribution in [0.15, 0.2) is 60.7 Å². The normalized spacial score (nSPS) is 11.2. The minimum atomic E-state index is -0.253. The summed E-state index contributed by atoms with van der Waals surface area (Å²) in [7, 11) is 0. The Hall–Kier alpha value is -2.94. The minimum absolute atomic E-state index is 0.253. The van der Waals surface area contributed by atoms with Crippen LogP contribution in [-0.4, -0.2) is 9.55 Å². The highest BCUT2D eigenvalue weighted by Crippen LogP contribution is 2.33. The summed E-state index contributed by atoms with van der Waals surface area (Å²) in [6.45, 7) is 6.23. The average molecular weight is 330 g/mol. The van der Waals surface area contributed by atoms with Crippen molar-refractivity contribution in [2.24, 2.45) is 0 Å². The molecule has 4 rings (SSSR count). The Morgan fingerprint density at radius 1 is 0.800 bits per heavy atom. The summed E-state index contributed by atoms with van der Waals surface area (Å²) in [5.74, 6) is 0.590. The smallest absolute Gasteiger partial charge is 0.146 e. The molecule has 0 saturated carbocycles. The molecule has 3 heteroatoms. The Labute approximate surface area is 146 Å². The Bertz CT molecular complexity index is 1070. The van der Waals surface area contributed by atoms with Crippen LogP contribution in [0.5, 0.6) is 0 Å². The SMILES string of the molecule is Cc1ccccc1-c1nc2ccc(F)cc2n1-c1c(C)cccc1C. The molecule has 25 heavy (non-hydrogen) atoms. The van der Waals surface area contributed by atoms with Gasteiger partial charge < -0.3 is 0 Å². The lowest BCUT2D eigenvalue weighted by Crippen LogP contribution is -2.03. The van der Waals surface area contributed by atoms with E-state index in [-0.39, 0.29) is 5.82 Å². The van der Waals surface area contributed by atoms with Crippen LogP contribution >= 0.6 is 0 Å². The predicted molar refractivity (Wildman–Crippen MR) is 101 cm³/mol. The topological polar surface area (TPSA) is 17.8 Å². The van der Waals surface area contributed by atoms with Gasteiger partial charge in [-0.1, -0.05) is 42.5 Å². The second-order valence-electron chi connectivity index (χ2n) is 6.46. The van der Waals surface area contributed by atoms with Gasteiger partial charge in [0.25, 0.3) is 0 Å². The summed E-state index contributed by atoms with van der Waals surface area (Å²) in [6, 6.07) is 19.1. The van der Waals surface area contributed by atoms with Crippen LogP contribution in [-0.2, 0) is 0 Å². The molecular formula is C22H19FN2. The van der Waals surface area contributed by atoms with Gasteiger partial charge in [-0.25, -0.2) is 9.37 Å². The van der Waals surface area contributed by atoms with Crippen LogP contribution in [0.25, 0.3) is 28.1 Å². The lowest BCUT2D eigenvalue weighted by molar-refractivity contribution is 0.629. The molecule has 0 bridgehead atoms. The molecule has 1 heterocycles. The van der Waals surface area contributed by atoms with E-state index in [1.807, 2.05) is 18.2 Å². The number of hydrogen-bond donors (Lipinski definition) is 0. The molecule has 3 aromatic carbocycles. The Morgan fingerprint density at radius 2 is 1.48 bits per heavy atom. The van der Waals surface area contributed by atoms with Gasteiger partial charge in [0.1, 0.15) is 11.6 Å². The van der Waals surface area contributed by atoms with Gasteiger partial charge in [0.2, 0.25) is 0 Å². The minimum Gasteiger partial charge on any atom is -0.292 e. The number of hydrogen-bond acceptors (Lipinski definition) is 1. The van der Waals surface area contributed by atoms with Gasteiger partial charge in [0, 0.05) is 11.6 Å². The number of rotatable bonds is 2. The molecule has 2 nitrogen and oxygen atoms in total. The number of halogens is 1. The van der Waals surface area contributed by atoms with Crippen molar-refractivity contribution >= 4 is 11.0 Å². The molecule has 4 aromatic rings. The molecule has 1 aromatic heterocycles. The van der Waals surface area contributed by atoms with Gasteiger partial charge in [-0.2, -0.15) is 0 Å². The van der Waals surface area contributed by atoms with E-state index in [1.165, 1.54) is 6.07 Å². The third-order valence-electron chi connectivity index (χ3n) is 4.67. The Balaban J connectivity index is 2.16. The first-order chi connectivity index (χ1) is 12.1. The molecule has 0 fully saturated rings. The van der Waals surface area contributed by atoms with Crippen LogP contribution in [0.3, 0.4) is 0 Å². The number of nitrogens with zero attached hydrogens (tertiary/aromatic N) is 2. The van der Waals surface area contributed by atoms with Gasteiger partial charge in [-0.15, -0.1) is 0 Å². The number of benzene rings is 3. The molecule has 0 aliphatic carbocycles. The van der Waals surface area contributed by atoms with Crippen LogP contribution in [0.4, 0.5) is 4.39 Å². The van der Waals surface area contributed by atoms with Crippen molar-refractivity contribution in [3.8, 4) is 17.1 Å². The average Bonchev–Trinajstić information content (AvgIpc) is 2.94. The lowest BCUT2D eigenvalue weighted by atomic mass is 10.1. The van der Waals surface area contributed by atoms with E-state index in [4.69, 9.17) is 4.98 Å². The molecular weight excluding hydrogens is 311 g/mol. The van der Waals surface area contributed by atoms with Crippen molar-refractivity contribution in [1.29, 1.82) is 0 Å². The predicted octanol–water partition coefficient (Wildman–Crippen LogP) is 5.76. The molecule has 124 valence electrons. The fraction of sp³-hybridized carbons (Fsp3) is 0.136. The van der Waals surface area contributed by atoms with E-state index >= 15 is 0 Å². The van der Waals surface area contributed by atoms with Gasteiger partial charge in [-0.3, -0.25) is 4.57 Å². The first kappa shape index (κ1) is 15.6. The summed E-state index contributed by atoms with van der Waals surface area (Å²) in [6.07, 6.45) is 0. The molecule has 0 atom stereocenters. The van der Waals surface area contributed by atoms with Gasteiger partial charge in [0.05, 0.1) is 16.7 Å². The first-order valence-corrected chi connectivity index (χ1v) is 8.37. The molecule has 0 N–H and O–H groups in total. The molecule has 0 radical (unpaired) electrons. The number of aromatic nitrogens is 2. The summed E-state index contributed by atoms with van der Waals surface area (Å²) >= 11 is 0. The largest absolute Gasteiger partial charge is 0.292 e. The van der Waals surface area contributed by atoms with Crippen LogP contribution in [0, 0.1) is 26.6 Å². The highest BCUT2D eigenvalue weighted by Gasteiger charge is 2.18. The maximum atomic E-state index is 14.0. The van der Waals surface area contributed by atoms with Gasteiger partial charge in [0.15, 0.2) is 0 Å². The molecule has 0 aliphatic rings. The monoisotopic (exact) mass is 330 g/mol. The van der Waals surface area contributed by atoms with Crippen LogP contribution < -0.4 is 0 Å². The zero-order valence-electron chi connectivity index (χ0n) is 14.5. The zero-order valence-corrected chi connectivity index (χ0v) is 14.5. The van der Waals surface area contributed by atoms with Crippen molar-refractivity contribution < 1.29 is 4.39 Å². The van der Waals surface area contributed by atoms with Crippen molar-refractivity contribution in [2.75, 3.05) is 0 Å². The summed E-state index contributed by atoms with van der Waals surface area (Å²) in [5, 5.41) is 0. The quantitative estimate of drug-likeness (QED) is 0.457. The number of fused-ring (bicyclic) bond motifs is 1. The fourth-order valence-electron chi connectivity index (χ4n) is 3.44. The molecule has 0 saturated heterocycles. The van der Waals surface area contributed by atoms with Crippen molar-refractivity contribution in [3.05, 3.63) is 83.2 Å². The second kappa shape index (κ2) is 5.85. The summed E-state index contributed by atoms with van der Waals surface area (Å²) in [4.78, 5) is 4.84. The zero-order chi connectivity index (χ0) is 17.6. The van der Waals surface area contributed by atoms with Gasteiger partial charge in [-0.05, 0) is 49.6 Å². The molecule has 0 unspecified atom stereocenters. The van der Waals surface area contributed by atoms with Crippen molar-refractivity contribution in [2.45, 2.75) is 20.8 Å². The van der Waals surface area contributed by atoms with Crippen molar-refractivity contribution in [1.82, 2.24) is 9.55 Å². The third kappa shape index (κ3) is 2.52. The molecule has 0 spiro atoms. The van der Waals surface area contributed by atoms with E-state index in [0.717, 1.165) is 44.8 Å². The van der Waals surface area contributed by atoms with E-state index < -0.39 is 0 Å². The van der Waals surface area contributed by atoms with Gasteiger partial charge >= 0.3 is 0 Å². The Morgan fingerprint density at radius 3 is 2.20 bits per heavy atom. The fourth-order valence-corrected chi connectivity index (χ4v) is 3.44. The summed E-state index contributed by atoms with van der Waals surface area (Å²) in [5.41, 5.74) is 7.12. The van der Waals surface area contributed by atoms with Crippen molar-refractivity contribution in [3.63, 3.8) is 0 Å². The highest BCUT2D eigenvalue weighted by atomic mass is 19.1. The maximum absolute atomic E-state index is 14.0. The number of para-hydroxylation sites is 1. The molecule has 0 aliphatic heterocycles. The van der Waals surface area contributed by atoms with Crippen LogP contribution in [0.2, 0.25) is 0 Å². The maximum Gasteiger partial charge on any atom is 0.146 e. The highest BCUT2D eigenvalue weighted by molar-refractivity contribution is 5.84. The lowest BCUT2D eigenvalue weighted by Gasteiger charge is -2.16. The number of aryl methyl sites for hydroxylation is 3. The standard InChI is InChI=1S/C22H19FN2/c1-14-7-4-5-10-18(14)22-24-19-12-11-17(23)13-20(19)25(22)21-15(2)8-6-9-16(21)3/h4-13H,1-3H3. The van der Waals surface area contributed by atoms with E-state index in [2.05, 4.69) is 49.6 Å². The summed E-state index contributed by atoms with van der Waals surface area (Å²) < 4.78 is 16.1. The Kier molecular flexibility index (Phi) is 3.65. The number of imidazole rings is 1. The van der Waals surface area contributed by atoms with E-state index in [9.17, 15) is 4.39 Å². The van der Waals surface area contributed by atoms with Crippen LogP contribution in [0.1, 0.15) is 16.7 Å². The third-order valence-corrected chi connectivity index (χ3v) is 4.67. The first-order valence-electron chi connectivity index (χ1n) is 8.37.